The minimum absolute atomic E-state index is 0.0884. The number of carbonyl (C=O) groups is 1. The number of anilines is 1. The first-order valence-corrected chi connectivity index (χ1v) is 9.52. The Hall–Kier alpha value is -3.95. The monoisotopic (exact) mass is 441 g/mol. The molecule has 0 unspecified atom stereocenters. The average Bonchev–Trinajstić information content (AvgIpc) is 3.13. The molecule has 0 aliphatic heterocycles. The number of ether oxygens (including phenoxy) is 1. The van der Waals surface area contributed by atoms with E-state index in [1.54, 1.807) is 6.07 Å². The van der Waals surface area contributed by atoms with Crippen LogP contribution in [0.1, 0.15) is 27.3 Å². The van der Waals surface area contributed by atoms with Crippen molar-refractivity contribution < 1.29 is 22.7 Å². The van der Waals surface area contributed by atoms with Crippen LogP contribution in [0, 0.1) is 13.8 Å². The second kappa shape index (κ2) is 7.95. The van der Waals surface area contributed by atoms with Gasteiger partial charge in [0.25, 0.3) is 5.91 Å². The third-order valence-electron chi connectivity index (χ3n) is 4.85. The molecule has 32 heavy (non-hydrogen) atoms. The molecule has 2 aromatic carbocycles. The molecule has 10 heteroatoms. The Balaban J connectivity index is 1.69. The van der Waals surface area contributed by atoms with Gasteiger partial charge in [0.1, 0.15) is 5.75 Å². The van der Waals surface area contributed by atoms with Crippen LogP contribution in [0.4, 0.5) is 19.0 Å². The average molecular weight is 441 g/mol. The molecular formula is C22H18F3N5O2. The lowest BCUT2D eigenvalue weighted by Crippen LogP contribution is -2.16. The Morgan fingerprint density at radius 2 is 1.84 bits per heavy atom. The van der Waals surface area contributed by atoms with Crippen molar-refractivity contribution >= 4 is 22.8 Å². The molecule has 1 N–H and O–H groups in total. The van der Waals surface area contributed by atoms with Crippen molar-refractivity contribution in [3.05, 3.63) is 71.3 Å². The van der Waals surface area contributed by atoms with Crippen LogP contribution in [0.15, 0.2) is 48.8 Å². The summed E-state index contributed by atoms with van der Waals surface area (Å²) in [5.74, 6) is -1.12. The molecule has 0 saturated heterocycles. The van der Waals surface area contributed by atoms with E-state index in [0.717, 1.165) is 21.9 Å². The van der Waals surface area contributed by atoms with Crippen LogP contribution in [0.3, 0.4) is 0 Å². The molecule has 0 fully saturated rings. The molecule has 1 amide bonds. The number of nitrogens with zero attached hydrogens (tertiary/aromatic N) is 4. The summed E-state index contributed by atoms with van der Waals surface area (Å²) in [4.78, 5) is 24.4. The van der Waals surface area contributed by atoms with Crippen LogP contribution >= 0.6 is 0 Å². The van der Waals surface area contributed by atoms with Gasteiger partial charge in [0, 0.05) is 11.6 Å². The molecule has 0 bridgehead atoms. The molecule has 0 aliphatic carbocycles. The van der Waals surface area contributed by atoms with Crippen molar-refractivity contribution in [1.29, 1.82) is 0 Å². The number of alkyl halides is 3. The third kappa shape index (κ3) is 3.98. The summed E-state index contributed by atoms with van der Waals surface area (Å²) in [6.45, 7) is 3.73. The maximum absolute atomic E-state index is 13.6. The second-order valence-corrected chi connectivity index (χ2v) is 7.16. The van der Waals surface area contributed by atoms with E-state index in [4.69, 9.17) is 4.74 Å². The number of fused-ring (bicyclic) bond motifs is 1. The molecule has 0 saturated carbocycles. The van der Waals surface area contributed by atoms with Gasteiger partial charge in [-0.1, -0.05) is 17.7 Å². The Morgan fingerprint density at radius 1 is 1.06 bits per heavy atom. The van der Waals surface area contributed by atoms with E-state index >= 15 is 0 Å². The summed E-state index contributed by atoms with van der Waals surface area (Å²) in [6.07, 6.45) is -2.37. The van der Waals surface area contributed by atoms with Crippen LogP contribution in [0.25, 0.3) is 16.9 Å². The van der Waals surface area contributed by atoms with Gasteiger partial charge in [-0.2, -0.15) is 13.2 Å². The van der Waals surface area contributed by atoms with Gasteiger partial charge in [-0.15, -0.1) is 0 Å². The molecule has 164 valence electrons. The van der Waals surface area contributed by atoms with Gasteiger partial charge in [-0.25, -0.2) is 15.0 Å². The van der Waals surface area contributed by atoms with E-state index in [9.17, 15) is 18.0 Å². The largest absolute Gasteiger partial charge is 0.497 e. The molecule has 4 rings (SSSR count). The summed E-state index contributed by atoms with van der Waals surface area (Å²) >= 11 is 0. The van der Waals surface area contributed by atoms with Gasteiger partial charge in [0.2, 0.25) is 5.82 Å². The standard InChI is InChI=1S/C22H18F3N5O2/c1-12-4-6-15(13(2)8-12)20(31)29-18-10-27-19(11-26-18)30-17-7-5-14(32-3)9-16(17)28-21(30)22(23,24)25/h4-11H,1-3H3,(H,26,29,31). The molecule has 7 nitrogen and oxygen atoms in total. The van der Waals surface area contributed by atoms with Crippen molar-refractivity contribution in [3.63, 3.8) is 0 Å². The maximum Gasteiger partial charge on any atom is 0.450 e. The third-order valence-corrected chi connectivity index (χ3v) is 4.85. The predicted octanol–water partition coefficient (Wildman–Crippen LogP) is 4.71. The van der Waals surface area contributed by atoms with Gasteiger partial charge in [0.05, 0.1) is 30.5 Å². The molecule has 0 spiro atoms. The second-order valence-electron chi connectivity index (χ2n) is 7.16. The normalized spacial score (nSPS) is 11.6. The van der Waals surface area contributed by atoms with Crippen molar-refractivity contribution in [2.75, 3.05) is 12.4 Å². The summed E-state index contributed by atoms with van der Waals surface area (Å²) in [5.41, 5.74) is 2.58. The number of aryl methyl sites for hydroxylation is 2. The minimum Gasteiger partial charge on any atom is -0.497 e. The lowest BCUT2D eigenvalue weighted by molar-refractivity contribution is -0.145. The highest BCUT2D eigenvalue weighted by molar-refractivity contribution is 6.04. The number of hydrogen-bond donors (Lipinski definition) is 1. The lowest BCUT2D eigenvalue weighted by atomic mass is 10.1. The van der Waals surface area contributed by atoms with Crippen LogP contribution in [-0.2, 0) is 6.18 Å². The topological polar surface area (TPSA) is 81.9 Å². The Labute approximate surface area is 180 Å². The van der Waals surface area contributed by atoms with Gasteiger partial charge in [-0.3, -0.25) is 9.36 Å². The van der Waals surface area contributed by atoms with Gasteiger partial charge in [0.15, 0.2) is 11.6 Å². The quantitative estimate of drug-likeness (QED) is 0.496. The van der Waals surface area contributed by atoms with E-state index in [2.05, 4.69) is 20.3 Å². The summed E-state index contributed by atoms with van der Waals surface area (Å²) in [6, 6.07) is 9.80. The number of methoxy groups -OCH3 is 1. The molecule has 2 heterocycles. The number of hydrogen-bond acceptors (Lipinski definition) is 5. The number of halogens is 3. The van der Waals surface area contributed by atoms with Gasteiger partial charge >= 0.3 is 6.18 Å². The molecular weight excluding hydrogens is 423 g/mol. The highest BCUT2D eigenvalue weighted by atomic mass is 19.4. The molecule has 0 radical (unpaired) electrons. The molecule has 4 aromatic rings. The summed E-state index contributed by atoms with van der Waals surface area (Å²) in [5, 5.41) is 2.61. The van der Waals surface area contributed by atoms with Crippen molar-refractivity contribution in [2.45, 2.75) is 20.0 Å². The Bertz CT molecular complexity index is 1310. The Morgan fingerprint density at radius 3 is 2.47 bits per heavy atom. The fraction of sp³-hybridized carbons (Fsp3) is 0.182. The number of rotatable bonds is 4. The van der Waals surface area contributed by atoms with Crippen LogP contribution < -0.4 is 10.1 Å². The number of imidazole rings is 1. The first-order valence-electron chi connectivity index (χ1n) is 9.52. The van der Waals surface area contributed by atoms with Crippen LogP contribution in [-0.4, -0.2) is 32.5 Å². The predicted molar refractivity (Wildman–Crippen MR) is 112 cm³/mol. The Kier molecular flexibility index (Phi) is 5.29. The fourth-order valence-corrected chi connectivity index (χ4v) is 3.36. The molecule has 0 aliphatic rings. The van der Waals surface area contributed by atoms with Gasteiger partial charge < -0.3 is 10.1 Å². The van der Waals surface area contributed by atoms with Crippen molar-refractivity contribution in [3.8, 4) is 11.6 Å². The number of nitrogens with one attached hydrogen (secondary N) is 1. The maximum atomic E-state index is 13.6. The minimum atomic E-state index is -4.72. The zero-order chi connectivity index (χ0) is 23.0. The number of amides is 1. The first kappa shape index (κ1) is 21.3. The van der Waals surface area contributed by atoms with Crippen LogP contribution in [0.2, 0.25) is 0 Å². The van der Waals surface area contributed by atoms with Crippen molar-refractivity contribution in [1.82, 2.24) is 19.5 Å². The van der Waals surface area contributed by atoms with E-state index in [-0.39, 0.29) is 28.6 Å². The van der Waals surface area contributed by atoms with Crippen LogP contribution in [0.5, 0.6) is 5.75 Å². The summed E-state index contributed by atoms with van der Waals surface area (Å²) < 4.78 is 46.9. The van der Waals surface area contributed by atoms with E-state index in [1.165, 1.54) is 31.5 Å². The number of benzene rings is 2. The summed E-state index contributed by atoms with van der Waals surface area (Å²) in [7, 11) is 1.42. The molecule has 2 aromatic heterocycles. The van der Waals surface area contributed by atoms with E-state index in [1.807, 2.05) is 26.0 Å². The highest BCUT2D eigenvalue weighted by Gasteiger charge is 2.38. The van der Waals surface area contributed by atoms with Gasteiger partial charge in [-0.05, 0) is 37.6 Å². The van der Waals surface area contributed by atoms with Crippen molar-refractivity contribution in [2.24, 2.45) is 0 Å². The SMILES string of the molecule is COc1ccc2c(c1)nc(C(F)(F)F)n2-c1cnc(NC(=O)c2ccc(C)cc2C)cn1. The zero-order valence-electron chi connectivity index (χ0n) is 17.4. The first-order chi connectivity index (χ1) is 15.2. The fourth-order valence-electron chi connectivity index (χ4n) is 3.36. The lowest BCUT2D eigenvalue weighted by Gasteiger charge is -2.11. The molecule has 0 atom stereocenters. The highest BCUT2D eigenvalue weighted by Crippen LogP contribution is 2.34. The van der Waals surface area contributed by atoms with E-state index < -0.39 is 12.0 Å². The van der Waals surface area contributed by atoms with E-state index in [0.29, 0.717) is 11.3 Å². The zero-order valence-corrected chi connectivity index (χ0v) is 17.4. The number of aromatic nitrogens is 4. The number of carbonyl (C=O) groups excluding carboxylic acids is 1. The smallest absolute Gasteiger partial charge is 0.450 e.